The van der Waals surface area contributed by atoms with Crippen molar-refractivity contribution in [1.82, 2.24) is 5.32 Å². The standard InChI is InChI=1S/C18H20FNO4S/c1-18(2,24-15-10-8-14(19)9-11-15)17(21)20-12-13-25(22,23)16-6-4-3-5-7-16/h3-11H,12-13H2,1-2H3,(H,20,21). The van der Waals surface area contributed by atoms with Crippen molar-refractivity contribution >= 4 is 15.7 Å². The predicted octanol–water partition coefficient (Wildman–Crippen LogP) is 2.57. The number of carbonyl (C=O) groups excluding carboxylic acids is 1. The van der Waals surface area contributed by atoms with E-state index < -0.39 is 27.2 Å². The molecule has 2 aromatic rings. The number of ether oxygens (including phenoxy) is 1. The Kier molecular flexibility index (Phi) is 5.79. The lowest BCUT2D eigenvalue weighted by Crippen LogP contribution is -2.47. The molecule has 0 fully saturated rings. The highest BCUT2D eigenvalue weighted by atomic mass is 32.2. The SMILES string of the molecule is CC(C)(Oc1ccc(F)cc1)C(=O)NCCS(=O)(=O)c1ccccc1. The maximum atomic E-state index is 12.9. The van der Waals surface area contributed by atoms with E-state index in [2.05, 4.69) is 5.32 Å². The first-order valence-corrected chi connectivity index (χ1v) is 9.37. The molecule has 0 bridgehead atoms. The molecular weight excluding hydrogens is 345 g/mol. The van der Waals surface area contributed by atoms with Crippen molar-refractivity contribution in [2.75, 3.05) is 12.3 Å². The molecule has 25 heavy (non-hydrogen) atoms. The molecule has 0 heterocycles. The van der Waals surface area contributed by atoms with Crippen LogP contribution in [-0.2, 0) is 14.6 Å². The molecule has 2 rings (SSSR count). The topological polar surface area (TPSA) is 72.5 Å². The average Bonchev–Trinajstić information content (AvgIpc) is 2.57. The molecule has 0 aromatic heterocycles. The molecule has 0 aliphatic rings. The van der Waals surface area contributed by atoms with Gasteiger partial charge in [-0.1, -0.05) is 18.2 Å². The van der Waals surface area contributed by atoms with Crippen LogP contribution < -0.4 is 10.1 Å². The van der Waals surface area contributed by atoms with Crippen molar-refractivity contribution in [3.63, 3.8) is 0 Å². The summed E-state index contributed by atoms with van der Waals surface area (Å²) in [7, 11) is -3.46. The van der Waals surface area contributed by atoms with Crippen molar-refractivity contribution in [2.45, 2.75) is 24.3 Å². The number of benzene rings is 2. The number of amides is 1. The van der Waals surface area contributed by atoms with E-state index in [0.29, 0.717) is 5.75 Å². The first-order valence-electron chi connectivity index (χ1n) is 7.71. The first kappa shape index (κ1) is 18.9. The lowest BCUT2D eigenvalue weighted by atomic mass is 10.1. The molecule has 0 radical (unpaired) electrons. The summed E-state index contributed by atoms with van der Waals surface area (Å²) in [5.41, 5.74) is -1.23. The van der Waals surface area contributed by atoms with Gasteiger partial charge >= 0.3 is 0 Å². The minimum absolute atomic E-state index is 0.0354. The molecule has 0 unspecified atom stereocenters. The van der Waals surface area contributed by atoms with Crippen molar-refractivity contribution in [2.24, 2.45) is 0 Å². The maximum absolute atomic E-state index is 12.9. The third-order valence-corrected chi connectivity index (χ3v) is 5.22. The normalized spacial score (nSPS) is 11.8. The molecule has 1 amide bonds. The number of halogens is 1. The second-order valence-corrected chi connectivity index (χ2v) is 8.06. The summed E-state index contributed by atoms with van der Waals surface area (Å²) in [6.45, 7) is 3.07. The molecule has 0 aliphatic heterocycles. The van der Waals surface area contributed by atoms with Crippen LogP contribution in [0.1, 0.15) is 13.8 Å². The van der Waals surface area contributed by atoms with Crippen LogP contribution in [0.2, 0.25) is 0 Å². The van der Waals surface area contributed by atoms with Gasteiger partial charge in [0.1, 0.15) is 11.6 Å². The van der Waals surface area contributed by atoms with Gasteiger partial charge < -0.3 is 10.1 Å². The van der Waals surface area contributed by atoms with E-state index in [1.54, 1.807) is 32.0 Å². The summed E-state index contributed by atoms with van der Waals surface area (Å²) in [5.74, 6) is -0.727. The first-order chi connectivity index (χ1) is 11.7. The fourth-order valence-corrected chi connectivity index (χ4v) is 3.28. The van der Waals surface area contributed by atoms with Crippen molar-refractivity contribution in [3.05, 3.63) is 60.4 Å². The molecule has 2 aromatic carbocycles. The maximum Gasteiger partial charge on any atom is 0.263 e. The third kappa shape index (κ3) is 5.29. The van der Waals surface area contributed by atoms with Gasteiger partial charge in [-0.15, -0.1) is 0 Å². The monoisotopic (exact) mass is 365 g/mol. The Morgan fingerprint density at radius 1 is 1.08 bits per heavy atom. The Balaban J connectivity index is 1.91. The molecule has 0 spiro atoms. The van der Waals surface area contributed by atoms with Gasteiger partial charge in [0, 0.05) is 6.54 Å². The van der Waals surface area contributed by atoms with Crippen LogP contribution in [0, 0.1) is 5.82 Å². The van der Waals surface area contributed by atoms with Crippen LogP contribution in [-0.4, -0.2) is 32.2 Å². The van der Waals surface area contributed by atoms with Gasteiger partial charge in [0.05, 0.1) is 10.6 Å². The third-order valence-electron chi connectivity index (χ3n) is 3.49. The number of nitrogens with one attached hydrogen (secondary N) is 1. The van der Waals surface area contributed by atoms with E-state index in [1.165, 1.54) is 36.4 Å². The van der Waals surface area contributed by atoms with Gasteiger partial charge in [-0.2, -0.15) is 0 Å². The molecule has 7 heteroatoms. The van der Waals surface area contributed by atoms with E-state index in [-0.39, 0.29) is 17.2 Å². The minimum Gasteiger partial charge on any atom is -0.478 e. The lowest BCUT2D eigenvalue weighted by Gasteiger charge is -2.25. The molecule has 0 saturated carbocycles. The van der Waals surface area contributed by atoms with Gasteiger partial charge in [0.2, 0.25) is 0 Å². The Bertz CT molecular complexity index is 818. The predicted molar refractivity (Wildman–Crippen MR) is 92.6 cm³/mol. The lowest BCUT2D eigenvalue weighted by molar-refractivity contribution is -0.134. The Morgan fingerprint density at radius 2 is 1.68 bits per heavy atom. The van der Waals surface area contributed by atoms with Gasteiger partial charge in [-0.25, -0.2) is 12.8 Å². The van der Waals surface area contributed by atoms with Crippen LogP contribution >= 0.6 is 0 Å². The van der Waals surface area contributed by atoms with Gasteiger partial charge in [-0.3, -0.25) is 4.79 Å². The molecular formula is C18H20FNO4S. The molecule has 134 valence electrons. The van der Waals surface area contributed by atoms with Crippen LogP contribution in [0.5, 0.6) is 5.75 Å². The quantitative estimate of drug-likeness (QED) is 0.819. The highest BCUT2D eigenvalue weighted by Crippen LogP contribution is 2.19. The summed E-state index contributed by atoms with van der Waals surface area (Å²) in [4.78, 5) is 12.5. The molecule has 0 saturated heterocycles. The second kappa shape index (κ2) is 7.65. The van der Waals surface area contributed by atoms with Crippen LogP contribution in [0.25, 0.3) is 0 Å². The van der Waals surface area contributed by atoms with Crippen molar-refractivity contribution < 1.29 is 22.3 Å². The molecule has 1 N–H and O–H groups in total. The fourth-order valence-electron chi connectivity index (χ4n) is 2.10. The Hall–Kier alpha value is -2.41. The van der Waals surface area contributed by atoms with E-state index >= 15 is 0 Å². The number of hydrogen-bond donors (Lipinski definition) is 1. The van der Waals surface area contributed by atoms with E-state index in [1.807, 2.05) is 0 Å². The minimum atomic E-state index is -3.46. The highest BCUT2D eigenvalue weighted by molar-refractivity contribution is 7.91. The van der Waals surface area contributed by atoms with E-state index in [4.69, 9.17) is 4.74 Å². The van der Waals surface area contributed by atoms with Crippen molar-refractivity contribution in [3.8, 4) is 5.75 Å². The summed E-state index contributed by atoms with van der Waals surface area (Å²) in [5, 5.41) is 2.56. The van der Waals surface area contributed by atoms with Crippen LogP contribution in [0.4, 0.5) is 4.39 Å². The fraction of sp³-hybridized carbons (Fsp3) is 0.278. The zero-order chi connectivity index (χ0) is 18.5. The number of rotatable bonds is 7. The summed E-state index contributed by atoms with van der Waals surface area (Å²) < 4.78 is 42.8. The number of carbonyl (C=O) groups is 1. The highest BCUT2D eigenvalue weighted by Gasteiger charge is 2.30. The van der Waals surface area contributed by atoms with E-state index in [0.717, 1.165) is 0 Å². The van der Waals surface area contributed by atoms with Crippen molar-refractivity contribution in [1.29, 1.82) is 0 Å². The van der Waals surface area contributed by atoms with Gasteiger partial charge in [-0.05, 0) is 50.2 Å². The summed E-state index contributed by atoms with van der Waals surface area (Å²) in [6, 6.07) is 13.4. The van der Waals surface area contributed by atoms with Crippen LogP contribution in [0.15, 0.2) is 59.5 Å². The molecule has 5 nitrogen and oxygen atoms in total. The van der Waals surface area contributed by atoms with Gasteiger partial charge in [0.15, 0.2) is 15.4 Å². The summed E-state index contributed by atoms with van der Waals surface area (Å²) >= 11 is 0. The Labute approximate surface area is 146 Å². The zero-order valence-electron chi connectivity index (χ0n) is 14.0. The Morgan fingerprint density at radius 3 is 2.28 bits per heavy atom. The molecule has 0 atom stereocenters. The molecule has 0 aliphatic carbocycles. The average molecular weight is 365 g/mol. The zero-order valence-corrected chi connectivity index (χ0v) is 14.8. The van der Waals surface area contributed by atoms with E-state index in [9.17, 15) is 17.6 Å². The smallest absolute Gasteiger partial charge is 0.263 e. The second-order valence-electron chi connectivity index (χ2n) is 5.95. The number of hydrogen-bond acceptors (Lipinski definition) is 4. The van der Waals surface area contributed by atoms with Gasteiger partial charge in [0.25, 0.3) is 5.91 Å². The largest absolute Gasteiger partial charge is 0.478 e. The summed E-state index contributed by atoms with van der Waals surface area (Å²) in [6.07, 6.45) is 0. The van der Waals surface area contributed by atoms with Crippen LogP contribution in [0.3, 0.4) is 0 Å². The number of sulfone groups is 1.